The molecule has 1 aromatic carbocycles. The number of aromatic nitrogens is 2. The molecular weight excluding hydrogens is 472 g/mol. The second kappa shape index (κ2) is 10.9. The highest BCUT2D eigenvalue weighted by Gasteiger charge is 2.43. The Kier molecular flexibility index (Phi) is 7.87. The molecule has 37 heavy (non-hydrogen) atoms. The van der Waals surface area contributed by atoms with Crippen molar-refractivity contribution in [3.63, 3.8) is 0 Å². The molecule has 1 aliphatic carbocycles. The first kappa shape index (κ1) is 26.7. The number of aromatic amines is 1. The molecule has 2 amide bonds. The number of H-pyrrole nitrogens is 1. The molecule has 1 atom stereocenters. The van der Waals surface area contributed by atoms with Gasteiger partial charge in [0.15, 0.2) is 5.75 Å². The summed E-state index contributed by atoms with van der Waals surface area (Å²) >= 11 is 0. The van der Waals surface area contributed by atoms with E-state index in [4.69, 9.17) is 9.72 Å². The van der Waals surface area contributed by atoms with Crippen molar-refractivity contribution in [3.05, 3.63) is 30.0 Å². The molecule has 1 fully saturated rings. The van der Waals surface area contributed by atoms with Crippen molar-refractivity contribution in [1.82, 2.24) is 10.3 Å². The molecule has 4 N–H and O–H groups in total. The van der Waals surface area contributed by atoms with Gasteiger partial charge in [0, 0.05) is 31.7 Å². The van der Waals surface area contributed by atoms with E-state index in [9.17, 15) is 14.7 Å². The summed E-state index contributed by atoms with van der Waals surface area (Å²) in [6, 6.07) is 5.51. The minimum absolute atomic E-state index is 0.0640. The lowest BCUT2D eigenvalue weighted by atomic mass is 9.91. The van der Waals surface area contributed by atoms with E-state index < -0.39 is 11.5 Å². The second-order valence-corrected chi connectivity index (χ2v) is 10.7. The number of hydrogen-bond acceptors (Lipinski definition) is 7. The number of nitrogens with one attached hydrogen (secondary N) is 3. The highest BCUT2D eigenvalue weighted by molar-refractivity contribution is 6.00. The van der Waals surface area contributed by atoms with Crippen molar-refractivity contribution < 1.29 is 24.4 Å². The van der Waals surface area contributed by atoms with Gasteiger partial charge < -0.3 is 25.0 Å². The SMILES string of the molecule is COc1cc(C(=O)NCCC(C)O)ccc1Nc1nc2c(c[nH+]1)N(C)C(=O)C(C)(C)CN2C1CCCC1. The zero-order valence-corrected chi connectivity index (χ0v) is 22.4. The maximum absolute atomic E-state index is 13.2. The minimum atomic E-state index is -0.541. The number of methoxy groups -OCH3 is 1. The smallest absolute Gasteiger partial charge is 0.396 e. The third kappa shape index (κ3) is 5.79. The number of nitrogens with zero attached hydrogens (tertiary/aromatic N) is 3. The fraction of sp³-hybridized carbons (Fsp3) is 0.556. The highest BCUT2D eigenvalue weighted by Crippen LogP contribution is 2.40. The van der Waals surface area contributed by atoms with Crippen LogP contribution in [0, 0.1) is 5.41 Å². The summed E-state index contributed by atoms with van der Waals surface area (Å²) in [7, 11) is 3.35. The molecule has 0 saturated heterocycles. The average Bonchev–Trinajstić information content (AvgIpc) is 3.39. The number of rotatable bonds is 8. The number of aliphatic hydroxyl groups excluding tert-OH is 1. The van der Waals surface area contributed by atoms with Crippen LogP contribution < -0.4 is 30.2 Å². The van der Waals surface area contributed by atoms with Crippen LogP contribution in [0.1, 0.15) is 63.2 Å². The maximum atomic E-state index is 13.2. The number of anilines is 4. The molecule has 1 unspecified atom stereocenters. The molecule has 2 aliphatic rings. The summed E-state index contributed by atoms with van der Waals surface area (Å²) in [5.41, 5.74) is 1.32. The van der Waals surface area contributed by atoms with E-state index in [1.165, 1.54) is 12.8 Å². The first-order chi connectivity index (χ1) is 17.6. The summed E-state index contributed by atoms with van der Waals surface area (Å²) in [4.78, 5) is 37.9. The predicted molar refractivity (Wildman–Crippen MR) is 142 cm³/mol. The van der Waals surface area contributed by atoms with Crippen LogP contribution in [0.2, 0.25) is 0 Å². The topological polar surface area (TPSA) is 121 Å². The average molecular weight is 512 g/mol. The Morgan fingerprint density at radius 1 is 1.32 bits per heavy atom. The molecule has 200 valence electrons. The quantitative estimate of drug-likeness (QED) is 0.498. The number of aliphatic hydroxyl groups is 1. The third-order valence-electron chi connectivity index (χ3n) is 7.20. The van der Waals surface area contributed by atoms with Crippen LogP contribution in [-0.4, -0.2) is 61.3 Å². The van der Waals surface area contributed by atoms with Gasteiger partial charge in [-0.25, -0.2) is 10.3 Å². The van der Waals surface area contributed by atoms with Crippen molar-refractivity contribution in [2.24, 2.45) is 5.41 Å². The van der Waals surface area contributed by atoms with E-state index in [1.54, 1.807) is 44.2 Å². The minimum Gasteiger partial charge on any atom is -0.493 e. The Labute approximate surface area is 218 Å². The van der Waals surface area contributed by atoms with Gasteiger partial charge in [-0.3, -0.25) is 9.59 Å². The molecule has 10 heteroatoms. The Balaban J connectivity index is 1.61. The molecule has 0 spiro atoms. The largest absolute Gasteiger partial charge is 0.493 e. The number of fused-ring (bicyclic) bond motifs is 1. The van der Waals surface area contributed by atoms with Crippen LogP contribution in [0.4, 0.5) is 23.1 Å². The van der Waals surface area contributed by atoms with E-state index in [1.807, 2.05) is 20.0 Å². The molecule has 4 rings (SSSR count). The number of benzene rings is 1. The van der Waals surface area contributed by atoms with E-state index in [0.29, 0.717) is 48.5 Å². The number of ether oxygens (including phenoxy) is 1. The van der Waals surface area contributed by atoms with Crippen LogP contribution >= 0.6 is 0 Å². The molecule has 2 heterocycles. The molecule has 1 aliphatic heterocycles. The van der Waals surface area contributed by atoms with Gasteiger partial charge in [-0.2, -0.15) is 0 Å². The van der Waals surface area contributed by atoms with E-state index in [-0.39, 0.29) is 11.8 Å². The van der Waals surface area contributed by atoms with Gasteiger partial charge in [-0.1, -0.05) is 17.8 Å². The van der Waals surface area contributed by atoms with E-state index in [0.717, 1.165) is 24.3 Å². The van der Waals surface area contributed by atoms with Crippen LogP contribution in [0.3, 0.4) is 0 Å². The number of hydrogen-bond donors (Lipinski definition) is 3. The predicted octanol–water partition coefficient (Wildman–Crippen LogP) is 2.90. The molecular formula is C27H39N6O4+. The van der Waals surface area contributed by atoms with E-state index in [2.05, 4.69) is 20.5 Å². The summed E-state index contributed by atoms with van der Waals surface area (Å²) < 4.78 is 5.56. The van der Waals surface area contributed by atoms with Gasteiger partial charge in [0.05, 0.1) is 24.8 Å². The summed E-state index contributed by atoms with van der Waals surface area (Å²) in [5.74, 6) is 1.61. The first-order valence-corrected chi connectivity index (χ1v) is 13.0. The van der Waals surface area contributed by atoms with Crippen molar-refractivity contribution in [1.29, 1.82) is 0 Å². The van der Waals surface area contributed by atoms with Crippen LogP contribution in [0.25, 0.3) is 0 Å². The Morgan fingerprint density at radius 3 is 2.73 bits per heavy atom. The number of carbonyl (C=O) groups excluding carboxylic acids is 2. The molecule has 0 radical (unpaired) electrons. The molecule has 10 nitrogen and oxygen atoms in total. The molecule has 2 aromatic rings. The van der Waals surface area contributed by atoms with Gasteiger partial charge in [-0.05, 0) is 58.2 Å². The Bertz CT molecular complexity index is 1150. The van der Waals surface area contributed by atoms with E-state index >= 15 is 0 Å². The Morgan fingerprint density at radius 2 is 2.05 bits per heavy atom. The first-order valence-electron chi connectivity index (χ1n) is 13.0. The molecule has 0 bridgehead atoms. The Hall–Kier alpha value is -3.40. The summed E-state index contributed by atoms with van der Waals surface area (Å²) in [6.07, 6.45) is 6.37. The fourth-order valence-corrected chi connectivity index (χ4v) is 5.13. The van der Waals surface area contributed by atoms with Gasteiger partial charge in [0.2, 0.25) is 11.7 Å². The standard InChI is InChI=1S/C27H38N6O4/c1-17(34)12-13-28-24(35)18-10-11-20(22(14-18)37-5)30-26-29-15-21-23(31-26)33(19-8-6-7-9-19)16-27(2,3)25(36)32(21)4/h10-11,14-15,17,19,34H,6-9,12-13,16H2,1-5H3,(H,28,35)(H,29,30,31)/p+1. The zero-order chi connectivity index (χ0) is 26.7. The third-order valence-corrected chi connectivity index (χ3v) is 7.20. The lowest BCUT2D eigenvalue weighted by Gasteiger charge is -2.32. The van der Waals surface area contributed by atoms with Crippen LogP contribution in [0.15, 0.2) is 24.4 Å². The monoisotopic (exact) mass is 511 g/mol. The van der Waals surface area contributed by atoms with Crippen molar-refractivity contribution in [3.8, 4) is 5.75 Å². The van der Waals surface area contributed by atoms with Gasteiger partial charge in [-0.15, -0.1) is 0 Å². The summed E-state index contributed by atoms with van der Waals surface area (Å²) in [6.45, 7) is 6.67. The van der Waals surface area contributed by atoms with Crippen molar-refractivity contribution in [2.75, 3.05) is 42.4 Å². The highest BCUT2D eigenvalue weighted by atomic mass is 16.5. The number of carbonyl (C=O) groups is 2. The van der Waals surface area contributed by atoms with Gasteiger partial charge in [0.25, 0.3) is 5.91 Å². The lowest BCUT2D eigenvalue weighted by Crippen LogP contribution is -2.45. The van der Waals surface area contributed by atoms with Crippen LogP contribution in [0.5, 0.6) is 5.75 Å². The second-order valence-electron chi connectivity index (χ2n) is 10.7. The maximum Gasteiger partial charge on any atom is 0.396 e. The lowest BCUT2D eigenvalue weighted by molar-refractivity contribution is -0.363. The van der Waals surface area contributed by atoms with Gasteiger partial charge in [0.1, 0.15) is 11.4 Å². The molecule has 1 aromatic heterocycles. The zero-order valence-electron chi connectivity index (χ0n) is 22.4. The summed E-state index contributed by atoms with van der Waals surface area (Å²) in [5, 5.41) is 15.5. The van der Waals surface area contributed by atoms with Crippen molar-refractivity contribution in [2.45, 2.75) is 65.0 Å². The fourth-order valence-electron chi connectivity index (χ4n) is 5.13. The van der Waals surface area contributed by atoms with Gasteiger partial charge >= 0.3 is 5.95 Å². The normalized spacial score (nSPS) is 18.3. The van der Waals surface area contributed by atoms with Crippen molar-refractivity contribution >= 4 is 35.0 Å². The molecule has 1 saturated carbocycles. The van der Waals surface area contributed by atoms with Crippen LogP contribution in [-0.2, 0) is 4.79 Å². The number of amides is 2.